The number of anilines is 3. The first-order chi connectivity index (χ1) is 32.4. The summed E-state index contributed by atoms with van der Waals surface area (Å²) in [6.07, 6.45) is 11.0. The van der Waals surface area contributed by atoms with Crippen molar-refractivity contribution in [2.24, 2.45) is 23.1 Å². The molecule has 0 bridgehead atoms. The maximum atomic E-state index is 14.2. The van der Waals surface area contributed by atoms with Gasteiger partial charge in [-0.2, -0.15) is 15.0 Å². The quantitative estimate of drug-likeness (QED) is 0.0373. The molecule has 68 heavy (non-hydrogen) atoms. The lowest BCUT2D eigenvalue weighted by Gasteiger charge is -2.38. The van der Waals surface area contributed by atoms with Gasteiger partial charge in [0.1, 0.15) is 24.4 Å². The minimum Gasteiger partial charge on any atom is -0.481 e. The molecule has 0 aliphatic carbocycles. The minimum absolute atomic E-state index is 0. The third-order valence-corrected chi connectivity index (χ3v) is 11.3. The number of aliphatic hydroxyl groups excluding tert-OH is 1. The minimum atomic E-state index is -1.05. The van der Waals surface area contributed by atoms with Gasteiger partial charge in [-0.25, -0.2) is 9.36 Å². The number of ether oxygens (including phenoxy) is 3. The first kappa shape index (κ1) is 55.3. The van der Waals surface area contributed by atoms with Crippen molar-refractivity contribution in [2.75, 3.05) is 127 Å². The normalized spacial score (nSPS) is 16.0. The molecule has 3 aromatic rings. The van der Waals surface area contributed by atoms with Crippen molar-refractivity contribution in [2.45, 2.75) is 76.5 Å². The third kappa shape index (κ3) is 16.7. The molecule has 5 rings (SSSR count). The molecule has 0 spiro atoms. The molecule has 378 valence electrons. The van der Waals surface area contributed by atoms with Crippen LogP contribution in [0.15, 0.2) is 12.4 Å². The van der Waals surface area contributed by atoms with Gasteiger partial charge in [0.25, 0.3) is 0 Å². The summed E-state index contributed by atoms with van der Waals surface area (Å²) in [6.45, 7) is 9.97. The molecule has 26 heteroatoms. The van der Waals surface area contributed by atoms with Gasteiger partial charge in [-0.05, 0) is 44.6 Å². The monoisotopic (exact) mass is 976 g/mol. The Hall–Kier alpha value is -5.33. The average molecular weight is 977 g/mol. The maximum Gasteiger partial charge on any atom is 0.303 e. The van der Waals surface area contributed by atoms with Crippen LogP contribution in [0.3, 0.4) is 0 Å². The van der Waals surface area contributed by atoms with Gasteiger partial charge in [0.05, 0.1) is 69.8 Å². The third-order valence-electron chi connectivity index (χ3n) is 11.3. The number of aliphatic hydroxyl groups is 1. The topological polar surface area (TPSA) is 322 Å². The number of aromatic nitrogens is 9. The fourth-order valence-electron chi connectivity index (χ4n) is 7.62. The van der Waals surface area contributed by atoms with Crippen molar-refractivity contribution in [3.63, 3.8) is 0 Å². The van der Waals surface area contributed by atoms with E-state index < -0.39 is 24.1 Å². The Morgan fingerprint density at radius 1 is 0.765 bits per heavy atom. The van der Waals surface area contributed by atoms with E-state index in [2.05, 4.69) is 45.7 Å². The van der Waals surface area contributed by atoms with Crippen LogP contribution in [-0.2, 0) is 28.6 Å². The molecule has 2 fully saturated rings. The largest absolute Gasteiger partial charge is 0.481 e. The van der Waals surface area contributed by atoms with E-state index in [0.29, 0.717) is 134 Å². The second-order valence-electron chi connectivity index (χ2n) is 16.8. The smallest absolute Gasteiger partial charge is 0.303 e. The number of nitrogens with one attached hydrogen (secondary N) is 1. The summed E-state index contributed by atoms with van der Waals surface area (Å²) in [5, 5.41) is 38.9. The second kappa shape index (κ2) is 28.9. The van der Waals surface area contributed by atoms with Crippen LogP contribution < -0.4 is 32.3 Å². The van der Waals surface area contributed by atoms with Gasteiger partial charge in [0.2, 0.25) is 29.7 Å². The lowest BCUT2D eigenvalue weighted by molar-refractivity contribution is -0.139. The van der Waals surface area contributed by atoms with Gasteiger partial charge in [-0.3, -0.25) is 14.4 Å². The number of rotatable bonds is 29. The van der Waals surface area contributed by atoms with Gasteiger partial charge in [0, 0.05) is 65.3 Å². The summed E-state index contributed by atoms with van der Waals surface area (Å²) in [5.41, 5.74) is 19.1. The molecule has 25 nitrogen and oxygen atoms in total. The number of unbranched alkanes of at least 4 members (excludes halogenated alkanes) is 1. The SMILES string of the molecule is C#CCOCCOCCOCCNc1nc(N2CCN(C(=O)[C@H](CCC(=O)O)n3cc(C(N)CO)nn3)CC2)nc(N2CCN(C(=O)[C@H](CCCCN)n3cc(C(N)CC(C)C)nn3)CC2)n1.Cl. The molecule has 3 aromatic heterocycles. The van der Waals surface area contributed by atoms with Crippen molar-refractivity contribution >= 4 is 48.0 Å². The highest BCUT2D eigenvalue weighted by atomic mass is 35.5. The van der Waals surface area contributed by atoms with Crippen LogP contribution in [-0.4, -0.2) is 194 Å². The first-order valence-corrected chi connectivity index (χ1v) is 23.0. The van der Waals surface area contributed by atoms with E-state index in [-0.39, 0.29) is 62.0 Å². The molecule has 0 radical (unpaired) electrons. The summed E-state index contributed by atoms with van der Waals surface area (Å²) in [5.74, 6) is 2.53. The van der Waals surface area contributed by atoms with Crippen LogP contribution in [0.5, 0.6) is 0 Å². The number of aliphatic carboxylic acids is 1. The van der Waals surface area contributed by atoms with Crippen molar-refractivity contribution < 1.29 is 38.8 Å². The van der Waals surface area contributed by atoms with E-state index in [0.717, 1.165) is 19.3 Å². The molecule has 9 N–H and O–H groups in total. The molecule has 0 aromatic carbocycles. The number of halogens is 1. The summed E-state index contributed by atoms with van der Waals surface area (Å²) >= 11 is 0. The molecule has 2 amide bonds. The highest BCUT2D eigenvalue weighted by Crippen LogP contribution is 2.25. The molecule has 2 unspecified atom stereocenters. The number of nitrogens with zero attached hydrogens (tertiary/aromatic N) is 13. The molecule has 5 heterocycles. The number of carbonyl (C=O) groups is 3. The fraction of sp³-hybridized carbons (Fsp3) is 0.714. The van der Waals surface area contributed by atoms with E-state index >= 15 is 0 Å². The molecular weight excluding hydrogens is 906 g/mol. The number of carbonyl (C=O) groups excluding carboxylic acids is 2. The Bertz CT molecular complexity index is 2020. The van der Waals surface area contributed by atoms with Gasteiger partial charge < -0.3 is 66.5 Å². The number of nitrogens with two attached hydrogens (primary N) is 3. The van der Waals surface area contributed by atoms with Crippen LogP contribution in [0.25, 0.3) is 0 Å². The van der Waals surface area contributed by atoms with Crippen LogP contribution >= 0.6 is 12.4 Å². The zero-order valence-electron chi connectivity index (χ0n) is 39.2. The van der Waals surface area contributed by atoms with Crippen LogP contribution in [0.4, 0.5) is 17.8 Å². The number of hydrogen-bond acceptors (Lipinski definition) is 20. The number of terminal acetylenes is 1. The average Bonchev–Trinajstić information content (AvgIpc) is 4.03. The van der Waals surface area contributed by atoms with Gasteiger partial charge >= 0.3 is 5.97 Å². The summed E-state index contributed by atoms with van der Waals surface area (Å²) < 4.78 is 19.4. The highest BCUT2D eigenvalue weighted by Gasteiger charge is 2.34. The van der Waals surface area contributed by atoms with Crippen molar-refractivity contribution in [3.8, 4) is 12.3 Å². The Balaban J connectivity index is 0.0000101. The number of amides is 2. The Labute approximate surface area is 403 Å². The lowest BCUT2D eigenvalue weighted by Crippen LogP contribution is -2.52. The van der Waals surface area contributed by atoms with E-state index in [1.807, 2.05) is 14.7 Å². The number of piperazine rings is 2. The highest BCUT2D eigenvalue weighted by molar-refractivity contribution is 5.85. The van der Waals surface area contributed by atoms with Crippen LogP contribution in [0.1, 0.15) is 87.9 Å². The van der Waals surface area contributed by atoms with Gasteiger partial charge in [-0.15, -0.1) is 29.0 Å². The Morgan fingerprint density at radius 2 is 1.28 bits per heavy atom. The zero-order chi connectivity index (χ0) is 48.1. The van der Waals surface area contributed by atoms with Crippen LogP contribution in [0, 0.1) is 18.3 Å². The summed E-state index contributed by atoms with van der Waals surface area (Å²) in [4.78, 5) is 61.6. The predicted molar refractivity (Wildman–Crippen MR) is 253 cm³/mol. The molecule has 4 atom stereocenters. The Morgan fingerprint density at radius 3 is 1.78 bits per heavy atom. The van der Waals surface area contributed by atoms with E-state index in [4.69, 9.17) is 52.8 Å². The first-order valence-electron chi connectivity index (χ1n) is 23.0. The van der Waals surface area contributed by atoms with Crippen molar-refractivity contribution in [3.05, 3.63) is 23.8 Å². The summed E-state index contributed by atoms with van der Waals surface area (Å²) in [7, 11) is 0. The standard InChI is InChI=1S/C42H69N17O8.ClH/c1-4-20-65-22-24-67-25-23-66-21-11-46-40-47-41(56-16-12-54(13-17-56)38(63)35(7-5-6-10-43)58-27-33(50-52-58)31(44)26-30(2)3)49-42(48-40)57-18-14-55(15-19-57)39(64)36(8-9-37(61)62)59-28-34(51-53-59)32(45)29-60;/h1,27-28,30-32,35-36,60H,5-26,29,43-45H2,2-3H3,(H,61,62)(H,46,47,48,49);1H/t31?,32?,35-,36-;/m0./s1. The molecular formula is C42H70ClN17O8. The molecule has 2 aliphatic heterocycles. The van der Waals surface area contributed by atoms with Gasteiger partial charge in [0.15, 0.2) is 0 Å². The number of carboxylic acids is 1. The van der Waals surface area contributed by atoms with Crippen molar-refractivity contribution in [1.29, 1.82) is 0 Å². The van der Waals surface area contributed by atoms with E-state index in [1.165, 1.54) is 10.9 Å². The molecule has 2 saturated heterocycles. The lowest BCUT2D eigenvalue weighted by atomic mass is 10.0. The van der Waals surface area contributed by atoms with Crippen molar-refractivity contribution in [1.82, 2.24) is 54.7 Å². The predicted octanol–water partition coefficient (Wildman–Crippen LogP) is -0.617. The number of hydrogen-bond donors (Lipinski definition) is 6. The summed E-state index contributed by atoms with van der Waals surface area (Å²) in [6, 6.07) is -2.57. The molecule has 2 aliphatic rings. The Kier molecular flexibility index (Phi) is 23.5. The number of carboxylic acid groups (broad SMARTS) is 1. The fourth-order valence-corrected chi connectivity index (χ4v) is 7.62. The molecule has 0 saturated carbocycles. The van der Waals surface area contributed by atoms with E-state index in [9.17, 15) is 24.6 Å². The second-order valence-corrected chi connectivity index (χ2v) is 16.8. The van der Waals surface area contributed by atoms with E-state index in [1.54, 1.807) is 15.8 Å². The maximum absolute atomic E-state index is 14.2. The van der Waals surface area contributed by atoms with Crippen LogP contribution in [0.2, 0.25) is 0 Å². The zero-order valence-corrected chi connectivity index (χ0v) is 40.0. The van der Waals surface area contributed by atoms with Gasteiger partial charge in [-0.1, -0.05) is 30.2 Å².